The zero-order valence-corrected chi connectivity index (χ0v) is 12.9. The predicted octanol–water partition coefficient (Wildman–Crippen LogP) is 2.19. The maximum atomic E-state index is 12.5. The molecule has 1 unspecified atom stereocenters. The molecule has 0 amide bonds. The average Bonchev–Trinajstić information content (AvgIpc) is 2.71. The Kier molecular flexibility index (Phi) is 4.38. The van der Waals surface area contributed by atoms with Gasteiger partial charge in [-0.05, 0) is 22.9 Å². The predicted molar refractivity (Wildman–Crippen MR) is 70.1 cm³/mol. The van der Waals surface area contributed by atoms with E-state index in [9.17, 15) is 8.42 Å². The minimum atomic E-state index is -3.58. The summed E-state index contributed by atoms with van der Waals surface area (Å²) in [7, 11) is -3.58. The highest BCUT2D eigenvalue weighted by molar-refractivity contribution is 9.10. The second-order valence-electron chi connectivity index (χ2n) is 4.02. The number of hydrogen-bond acceptors (Lipinski definition) is 4. The van der Waals surface area contributed by atoms with E-state index in [0.717, 1.165) is 0 Å². The number of halogens is 2. The van der Waals surface area contributed by atoms with Crippen molar-refractivity contribution in [1.82, 2.24) is 4.31 Å². The number of hydrogen-bond donors (Lipinski definition) is 0. The minimum Gasteiger partial charge on any atom is -0.452 e. The minimum absolute atomic E-state index is 0.118. The van der Waals surface area contributed by atoms with Crippen molar-refractivity contribution in [1.29, 1.82) is 0 Å². The van der Waals surface area contributed by atoms with Crippen LogP contribution in [0.1, 0.15) is 12.7 Å². The number of alkyl halides is 1. The van der Waals surface area contributed by atoms with Crippen LogP contribution >= 0.6 is 27.5 Å². The first-order valence-electron chi connectivity index (χ1n) is 5.40. The van der Waals surface area contributed by atoms with E-state index in [4.69, 9.17) is 20.8 Å². The summed E-state index contributed by atoms with van der Waals surface area (Å²) in [6.07, 6.45) is 0. The van der Waals surface area contributed by atoms with Gasteiger partial charge in [-0.15, -0.1) is 11.6 Å². The smallest absolute Gasteiger partial charge is 0.247 e. The molecule has 0 saturated carbocycles. The van der Waals surface area contributed by atoms with Crippen LogP contribution in [-0.4, -0.2) is 38.5 Å². The van der Waals surface area contributed by atoms with Crippen molar-refractivity contribution in [2.75, 3.05) is 19.8 Å². The van der Waals surface area contributed by atoms with Crippen LogP contribution in [0.3, 0.4) is 0 Å². The highest BCUT2D eigenvalue weighted by atomic mass is 79.9. The third-order valence-electron chi connectivity index (χ3n) is 2.73. The Hall–Kier alpha value is -0.0800. The summed E-state index contributed by atoms with van der Waals surface area (Å²) in [5.41, 5.74) is 0. The van der Waals surface area contributed by atoms with E-state index in [1.807, 2.05) is 6.92 Å². The highest BCUT2D eigenvalue weighted by Gasteiger charge is 2.34. The fourth-order valence-electron chi connectivity index (χ4n) is 1.83. The number of sulfonamides is 1. The van der Waals surface area contributed by atoms with Crippen LogP contribution < -0.4 is 0 Å². The van der Waals surface area contributed by atoms with Gasteiger partial charge in [-0.25, -0.2) is 8.42 Å². The average molecular weight is 359 g/mol. The second kappa shape index (κ2) is 5.50. The summed E-state index contributed by atoms with van der Waals surface area (Å²) in [4.78, 5) is 0.118. The lowest BCUT2D eigenvalue weighted by Gasteiger charge is -2.31. The Labute approximate surface area is 119 Å². The van der Waals surface area contributed by atoms with Gasteiger partial charge >= 0.3 is 0 Å². The molecular weight excluding hydrogens is 346 g/mol. The van der Waals surface area contributed by atoms with Crippen LogP contribution in [0.2, 0.25) is 0 Å². The lowest BCUT2D eigenvalue weighted by molar-refractivity contribution is 0.0392. The van der Waals surface area contributed by atoms with Gasteiger partial charge in [0, 0.05) is 18.7 Å². The topological polar surface area (TPSA) is 59.8 Å². The number of nitrogens with zero attached hydrogens (tertiary/aromatic N) is 1. The first-order valence-corrected chi connectivity index (χ1v) is 8.17. The molecule has 1 saturated heterocycles. The quantitative estimate of drug-likeness (QED) is 0.777. The molecule has 1 aliphatic rings. The van der Waals surface area contributed by atoms with Gasteiger partial charge in [-0.3, -0.25) is 0 Å². The molecule has 5 nitrogen and oxygen atoms in total. The zero-order chi connectivity index (χ0) is 13.3. The van der Waals surface area contributed by atoms with Crippen LogP contribution in [0.5, 0.6) is 0 Å². The molecule has 0 bridgehead atoms. The van der Waals surface area contributed by atoms with Crippen LogP contribution in [0.15, 0.2) is 20.0 Å². The molecule has 1 fully saturated rings. The van der Waals surface area contributed by atoms with Crippen molar-refractivity contribution in [3.8, 4) is 0 Å². The summed E-state index contributed by atoms with van der Waals surface area (Å²) in [5, 5.41) is 0. The molecule has 18 heavy (non-hydrogen) atoms. The molecule has 2 heterocycles. The van der Waals surface area contributed by atoms with E-state index in [-0.39, 0.29) is 21.5 Å². The molecule has 102 valence electrons. The monoisotopic (exact) mass is 357 g/mol. The van der Waals surface area contributed by atoms with Gasteiger partial charge in [0.2, 0.25) is 10.0 Å². The Balaban J connectivity index is 2.37. The van der Waals surface area contributed by atoms with E-state index in [1.54, 1.807) is 0 Å². The molecule has 0 spiro atoms. The Morgan fingerprint density at radius 3 is 2.89 bits per heavy atom. The van der Waals surface area contributed by atoms with Gasteiger partial charge in [0.15, 0.2) is 4.67 Å². The van der Waals surface area contributed by atoms with Gasteiger partial charge in [-0.1, -0.05) is 0 Å². The van der Waals surface area contributed by atoms with Crippen LogP contribution in [0.25, 0.3) is 0 Å². The van der Waals surface area contributed by atoms with E-state index in [0.29, 0.717) is 25.5 Å². The number of ether oxygens (including phenoxy) is 1. The van der Waals surface area contributed by atoms with E-state index in [2.05, 4.69) is 15.9 Å². The van der Waals surface area contributed by atoms with Crippen molar-refractivity contribution in [3.63, 3.8) is 0 Å². The standard InChI is InChI=1S/C10H13BrClNO4S/c1-7-6-16-3-2-13(7)18(14,15)9-4-8(5-12)17-10(9)11/h4,7H,2-3,5-6H2,1H3. The molecule has 1 atom stereocenters. The van der Waals surface area contributed by atoms with Crippen molar-refractivity contribution in [3.05, 3.63) is 16.5 Å². The Bertz CT molecular complexity index is 530. The molecule has 0 aliphatic carbocycles. The Morgan fingerprint density at radius 1 is 1.61 bits per heavy atom. The van der Waals surface area contributed by atoms with Crippen molar-refractivity contribution in [2.24, 2.45) is 0 Å². The largest absolute Gasteiger partial charge is 0.452 e. The van der Waals surface area contributed by atoms with Crippen LogP contribution in [0.4, 0.5) is 0 Å². The molecule has 1 aliphatic heterocycles. The number of rotatable bonds is 3. The molecule has 0 N–H and O–H groups in total. The van der Waals surface area contributed by atoms with E-state index in [1.165, 1.54) is 10.4 Å². The summed E-state index contributed by atoms with van der Waals surface area (Å²) in [5.74, 6) is 0.551. The lowest BCUT2D eigenvalue weighted by atomic mass is 10.3. The zero-order valence-electron chi connectivity index (χ0n) is 9.73. The van der Waals surface area contributed by atoms with E-state index >= 15 is 0 Å². The molecule has 8 heteroatoms. The van der Waals surface area contributed by atoms with Gasteiger partial charge in [-0.2, -0.15) is 4.31 Å². The molecule has 1 aromatic heterocycles. The summed E-state index contributed by atoms with van der Waals surface area (Å²) in [6.45, 7) is 2.96. The SMILES string of the molecule is CC1COCCN1S(=O)(=O)c1cc(CCl)oc1Br. The molecule has 1 aromatic rings. The normalized spacial score (nSPS) is 22.3. The van der Waals surface area contributed by atoms with Crippen LogP contribution in [-0.2, 0) is 20.6 Å². The van der Waals surface area contributed by atoms with Gasteiger partial charge in [0.05, 0.1) is 19.1 Å². The molecule has 2 rings (SSSR count). The maximum absolute atomic E-state index is 12.5. The fraction of sp³-hybridized carbons (Fsp3) is 0.600. The van der Waals surface area contributed by atoms with Gasteiger partial charge < -0.3 is 9.15 Å². The van der Waals surface area contributed by atoms with Crippen LogP contribution in [0, 0.1) is 0 Å². The second-order valence-corrected chi connectivity index (χ2v) is 6.87. The van der Waals surface area contributed by atoms with Gasteiger partial charge in [0.25, 0.3) is 0 Å². The summed E-state index contributed by atoms with van der Waals surface area (Å²) in [6, 6.07) is 1.26. The van der Waals surface area contributed by atoms with Gasteiger partial charge in [0.1, 0.15) is 10.7 Å². The van der Waals surface area contributed by atoms with E-state index < -0.39 is 10.0 Å². The maximum Gasteiger partial charge on any atom is 0.247 e. The lowest BCUT2D eigenvalue weighted by Crippen LogP contribution is -2.46. The highest BCUT2D eigenvalue weighted by Crippen LogP contribution is 2.30. The molecule has 0 aromatic carbocycles. The van der Waals surface area contributed by atoms with Crippen molar-refractivity contribution in [2.45, 2.75) is 23.7 Å². The van der Waals surface area contributed by atoms with Crippen molar-refractivity contribution < 1.29 is 17.6 Å². The third-order valence-corrected chi connectivity index (χ3v) is 5.87. The number of furan rings is 1. The molecule has 0 radical (unpaired) electrons. The summed E-state index contributed by atoms with van der Waals surface area (Å²) >= 11 is 8.75. The first-order chi connectivity index (χ1) is 8.46. The number of morpholine rings is 1. The fourth-order valence-corrected chi connectivity index (χ4v) is 4.53. The third kappa shape index (κ3) is 2.60. The summed E-state index contributed by atoms with van der Waals surface area (Å²) < 4.78 is 37.0. The molecular formula is C10H13BrClNO4S. The van der Waals surface area contributed by atoms with Crippen molar-refractivity contribution >= 4 is 37.6 Å². The first kappa shape index (κ1) is 14.3. The Morgan fingerprint density at radius 2 is 2.33 bits per heavy atom.